The maximum atomic E-state index is 12.2. The highest BCUT2D eigenvalue weighted by Gasteiger charge is 2.13. The number of unbranched alkanes of at least 4 members (excludes halogenated alkanes) is 23. The molecule has 0 saturated carbocycles. The van der Waals surface area contributed by atoms with E-state index in [4.69, 9.17) is 9.47 Å². The lowest BCUT2D eigenvalue weighted by Crippen LogP contribution is -2.27. The lowest BCUT2D eigenvalue weighted by molar-refractivity contribution is -0.154. The van der Waals surface area contributed by atoms with E-state index in [0.29, 0.717) is 13.0 Å². The average Bonchev–Trinajstić information content (AvgIpc) is 3.19. The molecule has 0 aromatic rings. The van der Waals surface area contributed by atoms with Crippen molar-refractivity contribution in [3.8, 4) is 0 Å². The number of allylic oxidation sites excluding steroid dienone is 12. The van der Waals surface area contributed by atoms with Gasteiger partial charge in [-0.2, -0.15) is 0 Å². The van der Waals surface area contributed by atoms with Crippen LogP contribution in [-0.2, 0) is 14.3 Å². The van der Waals surface area contributed by atoms with Gasteiger partial charge in [-0.1, -0.05) is 222 Å². The number of esters is 1. The summed E-state index contributed by atoms with van der Waals surface area (Å²) in [6.45, 7) is 5.22. The van der Waals surface area contributed by atoms with E-state index in [9.17, 15) is 9.90 Å². The molecule has 318 valence electrons. The summed E-state index contributed by atoms with van der Waals surface area (Å²) >= 11 is 0. The van der Waals surface area contributed by atoms with E-state index in [1.807, 2.05) is 0 Å². The standard InChI is InChI=1S/C51H90O4/c1-3-5-7-9-11-13-15-17-19-21-22-23-24-25-26-27-28-29-31-33-35-37-39-41-43-45-47-54-49-50(48-52)55-51(53)46-44-42-40-38-36-34-32-30-20-18-16-14-12-10-8-6-4-2/h5,7,11,13,17,19,22-23,25-26,28-29,50,52H,3-4,6,8-10,12,14-16,18,20-21,24,27,30-49H2,1-2H3/b7-5-,13-11-,19-17-,23-22-,26-25-,29-28-. The fourth-order valence-electron chi connectivity index (χ4n) is 6.57. The molecule has 4 nitrogen and oxygen atoms in total. The van der Waals surface area contributed by atoms with Crippen LogP contribution >= 0.6 is 0 Å². The van der Waals surface area contributed by atoms with Crippen LogP contribution in [0.1, 0.15) is 219 Å². The van der Waals surface area contributed by atoms with Crippen molar-refractivity contribution in [2.45, 2.75) is 225 Å². The lowest BCUT2D eigenvalue weighted by atomic mass is 10.0. The van der Waals surface area contributed by atoms with Gasteiger partial charge in [0.15, 0.2) is 0 Å². The number of rotatable bonds is 43. The molecule has 4 heteroatoms. The molecule has 1 atom stereocenters. The quantitative estimate of drug-likeness (QED) is 0.0381. The van der Waals surface area contributed by atoms with Gasteiger partial charge in [0, 0.05) is 13.0 Å². The second kappa shape index (κ2) is 48.0. The SMILES string of the molecule is CC/C=C\C/C=C\C/C=C\C/C=C\C/C=C\C/C=C\CCCCCCCCCOCC(CO)OC(=O)CCCCCCCCCCCCCCCCCCC. The van der Waals surface area contributed by atoms with E-state index < -0.39 is 6.10 Å². The monoisotopic (exact) mass is 767 g/mol. The predicted octanol–water partition coefficient (Wildman–Crippen LogP) is 15.8. The highest BCUT2D eigenvalue weighted by molar-refractivity contribution is 5.69. The zero-order valence-electron chi connectivity index (χ0n) is 36.4. The molecule has 0 aromatic carbocycles. The molecule has 0 aliphatic carbocycles. The van der Waals surface area contributed by atoms with Crippen molar-refractivity contribution in [1.82, 2.24) is 0 Å². The Balaban J connectivity index is 3.47. The second-order valence-corrected chi connectivity index (χ2v) is 15.5. The number of hydrogen-bond acceptors (Lipinski definition) is 4. The van der Waals surface area contributed by atoms with E-state index >= 15 is 0 Å². The molecule has 55 heavy (non-hydrogen) atoms. The van der Waals surface area contributed by atoms with Crippen molar-refractivity contribution in [1.29, 1.82) is 0 Å². The highest BCUT2D eigenvalue weighted by Crippen LogP contribution is 2.15. The maximum absolute atomic E-state index is 12.2. The Morgan fingerprint density at radius 1 is 0.455 bits per heavy atom. The molecule has 0 radical (unpaired) electrons. The summed E-state index contributed by atoms with van der Waals surface area (Å²) in [4.78, 5) is 12.2. The molecule has 0 amide bonds. The Morgan fingerprint density at radius 3 is 1.24 bits per heavy atom. The number of ether oxygens (including phenoxy) is 2. The fraction of sp³-hybridized carbons (Fsp3) is 0.745. The zero-order chi connectivity index (χ0) is 39.8. The maximum Gasteiger partial charge on any atom is 0.306 e. The van der Waals surface area contributed by atoms with E-state index in [2.05, 4.69) is 86.8 Å². The van der Waals surface area contributed by atoms with E-state index in [1.165, 1.54) is 135 Å². The first-order valence-corrected chi connectivity index (χ1v) is 23.5. The minimum absolute atomic E-state index is 0.177. The Morgan fingerprint density at radius 2 is 0.818 bits per heavy atom. The van der Waals surface area contributed by atoms with Gasteiger partial charge in [-0.15, -0.1) is 0 Å². The van der Waals surface area contributed by atoms with Gasteiger partial charge in [0.2, 0.25) is 0 Å². The van der Waals surface area contributed by atoms with Crippen LogP contribution in [0.2, 0.25) is 0 Å². The molecule has 0 aromatic heterocycles. The van der Waals surface area contributed by atoms with Crippen molar-refractivity contribution in [2.24, 2.45) is 0 Å². The summed E-state index contributed by atoms with van der Waals surface area (Å²) in [5, 5.41) is 9.63. The third kappa shape index (κ3) is 46.1. The summed E-state index contributed by atoms with van der Waals surface area (Å²) in [7, 11) is 0. The molecule has 0 saturated heterocycles. The van der Waals surface area contributed by atoms with E-state index in [0.717, 1.165) is 64.2 Å². The number of hydrogen-bond donors (Lipinski definition) is 1. The van der Waals surface area contributed by atoms with Crippen LogP contribution in [0.5, 0.6) is 0 Å². The largest absolute Gasteiger partial charge is 0.457 e. The summed E-state index contributed by atoms with van der Waals surface area (Å²) in [5.41, 5.74) is 0. The lowest BCUT2D eigenvalue weighted by Gasteiger charge is -2.16. The third-order valence-electron chi connectivity index (χ3n) is 10.0. The summed E-state index contributed by atoms with van der Waals surface area (Å²) in [6, 6.07) is 0. The van der Waals surface area contributed by atoms with Crippen LogP contribution in [0.4, 0.5) is 0 Å². The topological polar surface area (TPSA) is 55.8 Å². The number of aliphatic hydroxyl groups excluding tert-OH is 1. The Hall–Kier alpha value is -2.17. The average molecular weight is 767 g/mol. The van der Waals surface area contributed by atoms with Gasteiger partial charge in [-0.05, 0) is 64.2 Å². The first-order valence-electron chi connectivity index (χ1n) is 23.5. The van der Waals surface area contributed by atoms with Gasteiger partial charge in [0.25, 0.3) is 0 Å². The molecule has 1 N–H and O–H groups in total. The van der Waals surface area contributed by atoms with Gasteiger partial charge in [-0.3, -0.25) is 4.79 Å². The van der Waals surface area contributed by atoms with Gasteiger partial charge in [-0.25, -0.2) is 0 Å². The van der Waals surface area contributed by atoms with Crippen LogP contribution in [0.3, 0.4) is 0 Å². The van der Waals surface area contributed by atoms with Gasteiger partial charge >= 0.3 is 5.97 Å². The summed E-state index contributed by atoms with van der Waals surface area (Å²) < 4.78 is 11.2. The van der Waals surface area contributed by atoms with Crippen LogP contribution in [0, 0.1) is 0 Å². The predicted molar refractivity (Wildman–Crippen MR) is 242 cm³/mol. The van der Waals surface area contributed by atoms with Crippen molar-refractivity contribution in [3.05, 3.63) is 72.9 Å². The van der Waals surface area contributed by atoms with Crippen LogP contribution < -0.4 is 0 Å². The van der Waals surface area contributed by atoms with Crippen molar-refractivity contribution in [2.75, 3.05) is 19.8 Å². The minimum Gasteiger partial charge on any atom is -0.457 e. The molecule has 0 fully saturated rings. The van der Waals surface area contributed by atoms with E-state index in [-0.39, 0.29) is 19.2 Å². The fourth-order valence-corrected chi connectivity index (χ4v) is 6.57. The Kier molecular flexibility index (Phi) is 46.1. The molecule has 0 heterocycles. The highest BCUT2D eigenvalue weighted by atomic mass is 16.6. The zero-order valence-corrected chi connectivity index (χ0v) is 36.4. The van der Waals surface area contributed by atoms with Crippen molar-refractivity contribution in [3.63, 3.8) is 0 Å². The Labute approximate surface area is 342 Å². The first-order chi connectivity index (χ1) is 27.2. The van der Waals surface area contributed by atoms with Crippen molar-refractivity contribution < 1.29 is 19.4 Å². The molecule has 0 bridgehead atoms. The molecular formula is C51H90O4. The Bertz CT molecular complexity index is 942. The molecule has 0 aliphatic heterocycles. The normalized spacial score (nSPS) is 13.0. The summed E-state index contributed by atoms with van der Waals surface area (Å²) in [6.07, 6.45) is 65.4. The number of carbonyl (C=O) groups is 1. The molecule has 0 aliphatic rings. The van der Waals surface area contributed by atoms with Gasteiger partial charge in [0.05, 0.1) is 13.2 Å². The minimum atomic E-state index is -0.542. The van der Waals surface area contributed by atoms with Crippen LogP contribution in [-0.4, -0.2) is 37.0 Å². The van der Waals surface area contributed by atoms with Crippen LogP contribution in [0.15, 0.2) is 72.9 Å². The second-order valence-electron chi connectivity index (χ2n) is 15.5. The molecule has 0 rings (SSSR count). The third-order valence-corrected chi connectivity index (χ3v) is 10.0. The molecular weight excluding hydrogens is 677 g/mol. The first kappa shape index (κ1) is 52.8. The number of aliphatic hydroxyl groups is 1. The number of carbonyl (C=O) groups excluding carboxylic acids is 1. The molecule has 1 unspecified atom stereocenters. The summed E-state index contributed by atoms with van der Waals surface area (Å²) in [5.74, 6) is -0.204. The molecule has 0 spiro atoms. The van der Waals surface area contributed by atoms with Gasteiger partial charge < -0.3 is 14.6 Å². The van der Waals surface area contributed by atoms with Gasteiger partial charge in [0.1, 0.15) is 6.10 Å². The van der Waals surface area contributed by atoms with E-state index in [1.54, 1.807) is 0 Å². The smallest absolute Gasteiger partial charge is 0.306 e. The van der Waals surface area contributed by atoms with Crippen molar-refractivity contribution >= 4 is 5.97 Å². The van der Waals surface area contributed by atoms with Crippen LogP contribution in [0.25, 0.3) is 0 Å².